The maximum atomic E-state index is 13.8. The van der Waals surface area contributed by atoms with Gasteiger partial charge in [0.15, 0.2) is 6.23 Å². The number of esters is 2. The molecule has 0 bridgehead atoms. The molecule has 60 heavy (non-hydrogen) atoms. The van der Waals surface area contributed by atoms with Crippen molar-refractivity contribution >= 4 is 23.7 Å². The highest BCUT2D eigenvalue weighted by atomic mass is 16.6. The number of morpholine rings is 1. The van der Waals surface area contributed by atoms with E-state index in [1.165, 1.54) is 4.57 Å². The van der Waals surface area contributed by atoms with Crippen LogP contribution in [0.3, 0.4) is 0 Å². The quantitative estimate of drug-likeness (QED) is 0.0880. The number of carbonyl (C=O) groups excluding carboxylic acids is 3. The van der Waals surface area contributed by atoms with E-state index in [9.17, 15) is 19.2 Å². The second-order valence-corrected chi connectivity index (χ2v) is 16.3. The van der Waals surface area contributed by atoms with Crippen molar-refractivity contribution in [2.75, 3.05) is 31.6 Å². The normalized spacial score (nSPS) is 22.1. The van der Waals surface area contributed by atoms with Crippen LogP contribution in [0.15, 0.2) is 138 Å². The van der Waals surface area contributed by atoms with E-state index in [4.69, 9.17) is 14.2 Å². The summed E-state index contributed by atoms with van der Waals surface area (Å²) in [5, 5.41) is 2.71. The fourth-order valence-electron chi connectivity index (χ4n) is 8.92. The Morgan fingerprint density at radius 1 is 0.700 bits per heavy atom. The van der Waals surface area contributed by atoms with Crippen molar-refractivity contribution in [3.05, 3.63) is 166 Å². The third kappa shape index (κ3) is 9.75. The van der Waals surface area contributed by atoms with Gasteiger partial charge in [-0.2, -0.15) is 4.98 Å². The highest BCUT2D eigenvalue weighted by molar-refractivity contribution is 6.03. The Hall–Kier alpha value is -5.91. The maximum Gasteiger partial charge on any atom is 0.351 e. The molecule has 1 aliphatic heterocycles. The summed E-state index contributed by atoms with van der Waals surface area (Å²) in [7, 11) is 0. The van der Waals surface area contributed by atoms with E-state index in [1.807, 2.05) is 60.7 Å². The summed E-state index contributed by atoms with van der Waals surface area (Å²) in [6.07, 6.45) is 1.82. The van der Waals surface area contributed by atoms with Gasteiger partial charge in [0.1, 0.15) is 18.5 Å². The second kappa shape index (κ2) is 19.4. The van der Waals surface area contributed by atoms with Crippen LogP contribution in [0.4, 0.5) is 5.82 Å². The van der Waals surface area contributed by atoms with Crippen LogP contribution in [-0.2, 0) is 29.3 Å². The maximum absolute atomic E-state index is 13.8. The fraction of sp³-hybridized carbons (Fsp3) is 0.367. The van der Waals surface area contributed by atoms with Gasteiger partial charge in [-0.25, -0.2) is 4.79 Å². The summed E-state index contributed by atoms with van der Waals surface area (Å²) in [6, 6.07) is 40.8. The molecule has 11 heteroatoms. The second-order valence-electron chi connectivity index (χ2n) is 16.3. The highest BCUT2D eigenvalue weighted by Gasteiger charge is 2.46. The first-order valence-electron chi connectivity index (χ1n) is 21.0. The van der Waals surface area contributed by atoms with E-state index >= 15 is 0 Å². The molecule has 1 aliphatic carbocycles. The van der Waals surface area contributed by atoms with Crippen LogP contribution in [-0.4, -0.2) is 64.7 Å². The molecule has 312 valence electrons. The van der Waals surface area contributed by atoms with Gasteiger partial charge in [0, 0.05) is 24.8 Å². The number of hydrogen-bond acceptors (Lipinski definition) is 9. The molecule has 5 aromatic rings. The monoisotopic (exact) mass is 810 g/mol. The summed E-state index contributed by atoms with van der Waals surface area (Å²) < 4.78 is 19.4. The van der Waals surface area contributed by atoms with E-state index in [0.29, 0.717) is 42.4 Å². The lowest BCUT2D eigenvalue weighted by molar-refractivity contribution is -0.171. The minimum Gasteiger partial charge on any atom is -0.465 e. The van der Waals surface area contributed by atoms with Crippen molar-refractivity contribution in [2.24, 2.45) is 23.7 Å². The molecule has 1 aromatic heterocycles. The van der Waals surface area contributed by atoms with Crippen LogP contribution in [0.5, 0.6) is 0 Å². The number of nitrogens with one attached hydrogen (secondary N) is 1. The predicted octanol–water partition coefficient (Wildman–Crippen LogP) is 7.87. The van der Waals surface area contributed by atoms with Gasteiger partial charge >= 0.3 is 17.6 Å². The molecule has 0 radical (unpaired) electrons. The van der Waals surface area contributed by atoms with Gasteiger partial charge < -0.3 is 19.5 Å². The van der Waals surface area contributed by atoms with E-state index in [1.54, 1.807) is 36.5 Å². The Kier molecular flexibility index (Phi) is 13.7. The van der Waals surface area contributed by atoms with Crippen molar-refractivity contribution in [3.8, 4) is 0 Å². The first kappa shape index (κ1) is 42.2. The minimum atomic E-state index is -0.875. The van der Waals surface area contributed by atoms with Crippen LogP contribution < -0.4 is 11.0 Å². The number of anilines is 1. The van der Waals surface area contributed by atoms with Crippen molar-refractivity contribution in [1.29, 1.82) is 0 Å². The number of carbonyl (C=O) groups is 3. The van der Waals surface area contributed by atoms with Crippen LogP contribution in [0.25, 0.3) is 0 Å². The van der Waals surface area contributed by atoms with Gasteiger partial charge in [0.05, 0.1) is 25.0 Å². The number of rotatable bonds is 14. The zero-order chi connectivity index (χ0) is 42.1. The summed E-state index contributed by atoms with van der Waals surface area (Å²) in [5.41, 5.74) is 1.92. The van der Waals surface area contributed by atoms with E-state index in [0.717, 1.165) is 29.5 Å². The molecule has 2 aliphatic rings. The molecule has 4 aromatic carbocycles. The smallest absolute Gasteiger partial charge is 0.351 e. The van der Waals surface area contributed by atoms with Gasteiger partial charge in [-0.1, -0.05) is 130 Å². The molecule has 2 heterocycles. The summed E-state index contributed by atoms with van der Waals surface area (Å²) in [5.74, 6) is 0.864. The first-order valence-corrected chi connectivity index (χ1v) is 21.0. The number of hydrogen-bond donors (Lipinski definition) is 1. The zero-order valence-corrected chi connectivity index (χ0v) is 34.5. The predicted molar refractivity (Wildman–Crippen MR) is 229 cm³/mol. The van der Waals surface area contributed by atoms with E-state index in [2.05, 4.69) is 72.4 Å². The lowest BCUT2D eigenvalue weighted by Gasteiger charge is -2.50. The van der Waals surface area contributed by atoms with Crippen molar-refractivity contribution in [3.63, 3.8) is 0 Å². The van der Waals surface area contributed by atoms with Crippen LogP contribution in [0.1, 0.15) is 79.7 Å². The largest absolute Gasteiger partial charge is 0.465 e. The zero-order valence-electron chi connectivity index (χ0n) is 34.5. The van der Waals surface area contributed by atoms with Crippen molar-refractivity contribution < 1.29 is 28.6 Å². The molecular formula is C49H54N4O7. The van der Waals surface area contributed by atoms with E-state index < -0.39 is 41.4 Å². The van der Waals surface area contributed by atoms with Crippen molar-refractivity contribution in [1.82, 2.24) is 14.5 Å². The standard InChI is InChI=1S/C49H54N4O7/c1-34-28-37(29-35(2)36(34)3)32-58-45(54)24-25-46(55)59-33-42-30-52(31-44(60-42)53-27-26-43(51-48(53)57)50-47(56)38-16-8-4-9-17-38)49(39-18-10-5-11-19-39,40-20-12-6-13-21-40)41-22-14-7-15-23-41/h4-23,26-27,34-37,42,44H,24-25,28-33H2,1-3H3,(H,50,51,56,57)/t34?,35?,36?,37?,42-,44+/m0/s1. The number of aromatic nitrogens is 2. The Morgan fingerprint density at radius 3 is 1.72 bits per heavy atom. The molecule has 11 nitrogen and oxygen atoms in total. The molecule has 1 amide bonds. The number of benzene rings is 4. The molecular weight excluding hydrogens is 757 g/mol. The molecule has 1 saturated heterocycles. The summed E-state index contributed by atoms with van der Waals surface area (Å²) in [6.45, 7) is 7.59. The SMILES string of the molecule is CC1CC(COC(=O)CCC(=O)OC[C@@H]2CN(C(c3ccccc3)(c3ccccc3)c3ccccc3)C[C@H](n3ccc(NC(=O)c4ccccc4)nc3=O)O2)CC(C)C1C. The van der Waals surface area contributed by atoms with Gasteiger partial charge in [-0.05, 0) is 71.4 Å². The molecule has 7 rings (SSSR count). The third-order valence-electron chi connectivity index (χ3n) is 12.3. The molecule has 1 N–H and O–H groups in total. The van der Waals surface area contributed by atoms with E-state index in [-0.39, 0.29) is 31.8 Å². The molecule has 2 unspecified atom stereocenters. The number of ether oxygens (including phenoxy) is 3. The molecule has 1 saturated carbocycles. The third-order valence-corrected chi connectivity index (χ3v) is 12.3. The van der Waals surface area contributed by atoms with Crippen LogP contribution >= 0.6 is 0 Å². The Bertz CT molecular complexity index is 2150. The molecule has 4 atom stereocenters. The lowest BCUT2D eigenvalue weighted by Crippen LogP contribution is -2.58. The Morgan fingerprint density at radius 2 is 1.20 bits per heavy atom. The minimum absolute atomic E-state index is 0.0826. The van der Waals surface area contributed by atoms with Gasteiger partial charge in [0.25, 0.3) is 5.91 Å². The first-order chi connectivity index (χ1) is 29.1. The summed E-state index contributed by atoms with van der Waals surface area (Å²) in [4.78, 5) is 59.1. The number of nitrogens with zero attached hydrogens (tertiary/aromatic N) is 3. The lowest BCUT2D eigenvalue weighted by atomic mass is 9.70. The van der Waals surface area contributed by atoms with Gasteiger partial charge in [-0.3, -0.25) is 23.9 Å². The Labute approximate surface area is 351 Å². The van der Waals surface area contributed by atoms with Crippen molar-refractivity contribution in [2.45, 2.75) is 64.3 Å². The molecule has 0 spiro atoms. The van der Waals surface area contributed by atoms with Gasteiger partial charge in [0.2, 0.25) is 0 Å². The topological polar surface area (TPSA) is 129 Å². The molecule has 2 fully saturated rings. The van der Waals surface area contributed by atoms with Crippen LogP contribution in [0, 0.1) is 23.7 Å². The summed E-state index contributed by atoms with van der Waals surface area (Å²) >= 11 is 0. The average molecular weight is 811 g/mol. The van der Waals surface area contributed by atoms with Crippen LogP contribution in [0.2, 0.25) is 0 Å². The number of amides is 1. The fourth-order valence-corrected chi connectivity index (χ4v) is 8.92. The highest BCUT2D eigenvalue weighted by Crippen LogP contribution is 2.44. The van der Waals surface area contributed by atoms with Gasteiger partial charge in [-0.15, -0.1) is 0 Å². The average Bonchev–Trinajstić information content (AvgIpc) is 3.27. The Balaban J connectivity index is 1.13.